The summed E-state index contributed by atoms with van der Waals surface area (Å²) in [5, 5.41) is 11.4. The Kier molecular flexibility index (Phi) is 5.08. The molecule has 0 aliphatic heterocycles. The van der Waals surface area contributed by atoms with Gasteiger partial charge in [-0.3, -0.25) is 4.79 Å². The Labute approximate surface area is 126 Å². The predicted octanol–water partition coefficient (Wildman–Crippen LogP) is 2.33. The second kappa shape index (κ2) is 7.21. The monoisotopic (exact) mass is 303 g/mol. The molecule has 6 heteroatoms. The number of carboxylic acids is 1. The molecule has 2 rings (SSSR count). The molecule has 5 nitrogen and oxygen atoms in total. The Hall–Kier alpha value is -2.89. The van der Waals surface area contributed by atoms with E-state index in [1.807, 2.05) is 0 Å². The zero-order chi connectivity index (χ0) is 15.9. The normalized spacial score (nSPS) is 10.0. The van der Waals surface area contributed by atoms with E-state index in [2.05, 4.69) is 5.32 Å². The number of carboxylic acid groups (broad SMARTS) is 1. The van der Waals surface area contributed by atoms with E-state index < -0.39 is 11.8 Å². The van der Waals surface area contributed by atoms with Gasteiger partial charge in [-0.2, -0.15) is 0 Å². The van der Waals surface area contributed by atoms with Gasteiger partial charge in [0.2, 0.25) is 0 Å². The number of carbonyl (C=O) groups is 2. The Morgan fingerprint density at radius 2 is 1.59 bits per heavy atom. The van der Waals surface area contributed by atoms with Gasteiger partial charge in [0.05, 0.1) is 12.1 Å². The highest BCUT2D eigenvalue weighted by Gasteiger charge is 2.05. The number of nitrogens with one attached hydrogen (secondary N) is 1. The first-order chi connectivity index (χ1) is 10.6. The van der Waals surface area contributed by atoms with Crippen LogP contribution in [0, 0.1) is 5.82 Å². The van der Waals surface area contributed by atoms with E-state index in [1.165, 1.54) is 36.4 Å². The lowest BCUT2D eigenvalue weighted by atomic mass is 10.2. The summed E-state index contributed by atoms with van der Waals surface area (Å²) in [5.41, 5.74) is 0.546. The summed E-state index contributed by atoms with van der Waals surface area (Å²) >= 11 is 0. The minimum atomic E-state index is -1.00. The summed E-state index contributed by atoms with van der Waals surface area (Å²) in [6.45, 7) is 0.510. The van der Waals surface area contributed by atoms with E-state index in [0.717, 1.165) is 0 Å². The van der Waals surface area contributed by atoms with Gasteiger partial charge in [-0.1, -0.05) is 0 Å². The predicted molar refractivity (Wildman–Crippen MR) is 77.6 cm³/mol. The van der Waals surface area contributed by atoms with Crippen molar-refractivity contribution in [2.75, 3.05) is 13.2 Å². The second-order valence-electron chi connectivity index (χ2n) is 4.44. The number of rotatable bonds is 6. The minimum absolute atomic E-state index is 0.178. The van der Waals surface area contributed by atoms with Gasteiger partial charge < -0.3 is 15.2 Å². The molecule has 0 unspecified atom stereocenters. The molecule has 0 bridgehead atoms. The fourth-order valence-corrected chi connectivity index (χ4v) is 1.73. The van der Waals surface area contributed by atoms with E-state index in [9.17, 15) is 14.0 Å². The lowest BCUT2D eigenvalue weighted by molar-refractivity contribution is 0.0696. The average Bonchev–Trinajstić information content (AvgIpc) is 2.52. The molecule has 2 aromatic rings. The van der Waals surface area contributed by atoms with Crippen LogP contribution in [0.4, 0.5) is 4.39 Å². The lowest BCUT2D eigenvalue weighted by Crippen LogP contribution is -2.28. The van der Waals surface area contributed by atoms with Gasteiger partial charge in [0.25, 0.3) is 5.91 Å². The number of amides is 1. The topological polar surface area (TPSA) is 75.6 Å². The van der Waals surface area contributed by atoms with Crippen molar-refractivity contribution in [1.82, 2.24) is 5.32 Å². The molecule has 0 aromatic heterocycles. The van der Waals surface area contributed by atoms with E-state index in [4.69, 9.17) is 9.84 Å². The summed E-state index contributed by atoms with van der Waals surface area (Å²) < 4.78 is 18.1. The van der Waals surface area contributed by atoms with Crippen LogP contribution in [0.2, 0.25) is 0 Å². The molecule has 0 saturated heterocycles. The maximum atomic E-state index is 12.7. The van der Waals surface area contributed by atoms with Crippen molar-refractivity contribution in [2.24, 2.45) is 0 Å². The van der Waals surface area contributed by atoms with Gasteiger partial charge in [-0.15, -0.1) is 0 Å². The maximum Gasteiger partial charge on any atom is 0.335 e. The minimum Gasteiger partial charge on any atom is -0.492 e. The number of hydrogen-bond acceptors (Lipinski definition) is 3. The van der Waals surface area contributed by atoms with Gasteiger partial charge in [-0.05, 0) is 48.5 Å². The zero-order valence-corrected chi connectivity index (χ0v) is 11.6. The molecule has 0 atom stereocenters. The molecule has 22 heavy (non-hydrogen) atoms. The van der Waals surface area contributed by atoms with Crippen molar-refractivity contribution < 1.29 is 23.8 Å². The zero-order valence-electron chi connectivity index (χ0n) is 11.6. The molecule has 1 amide bonds. The van der Waals surface area contributed by atoms with Crippen LogP contribution in [-0.4, -0.2) is 30.1 Å². The van der Waals surface area contributed by atoms with Gasteiger partial charge in [0.15, 0.2) is 0 Å². The van der Waals surface area contributed by atoms with E-state index in [-0.39, 0.29) is 24.6 Å². The summed E-state index contributed by atoms with van der Waals surface area (Å²) in [4.78, 5) is 22.4. The van der Waals surface area contributed by atoms with Crippen LogP contribution in [-0.2, 0) is 0 Å². The fourth-order valence-electron chi connectivity index (χ4n) is 1.73. The Morgan fingerprint density at radius 3 is 2.18 bits per heavy atom. The Morgan fingerprint density at radius 1 is 1.00 bits per heavy atom. The number of hydrogen-bond donors (Lipinski definition) is 2. The lowest BCUT2D eigenvalue weighted by Gasteiger charge is -2.08. The van der Waals surface area contributed by atoms with E-state index in [0.29, 0.717) is 11.3 Å². The summed E-state index contributed by atoms with van der Waals surface area (Å²) in [7, 11) is 0. The van der Waals surface area contributed by atoms with Crippen LogP contribution in [0.3, 0.4) is 0 Å². The SMILES string of the molecule is O=C(O)c1ccc(OCCNC(=O)c2ccc(F)cc2)cc1. The number of halogens is 1. The molecule has 0 radical (unpaired) electrons. The molecule has 0 heterocycles. The average molecular weight is 303 g/mol. The number of ether oxygens (including phenoxy) is 1. The largest absolute Gasteiger partial charge is 0.492 e. The number of benzene rings is 2. The van der Waals surface area contributed by atoms with Gasteiger partial charge in [0, 0.05) is 5.56 Å². The van der Waals surface area contributed by atoms with Crippen molar-refractivity contribution in [3.63, 3.8) is 0 Å². The first kappa shape index (κ1) is 15.5. The van der Waals surface area contributed by atoms with Crippen molar-refractivity contribution in [3.8, 4) is 5.75 Å². The first-order valence-corrected chi connectivity index (χ1v) is 6.56. The van der Waals surface area contributed by atoms with Crippen LogP contribution < -0.4 is 10.1 Å². The van der Waals surface area contributed by atoms with E-state index >= 15 is 0 Å². The van der Waals surface area contributed by atoms with Crippen LogP contribution in [0.1, 0.15) is 20.7 Å². The van der Waals surface area contributed by atoms with Gasteiger partial charge in [-0.25, -0.2) is 9.18 Å². The molecule has 0 aliphatic carbocycles. The summed E-state index contributed by atoms with van der Waals surface area (Å²) in [5.74, 6) is -1.20. The molecule has 0 saturated carbocycles. The molecule has 0 spiro atoms. The highest BCUT2D eigenvalue weighted by molar-refractivity contribution is 5.94. The fraction of sp³-hybridized carbons (Fsp3) is 0.125. The van der Waals surface area contributed by atoms with Crippen molar-refractivity contribution >= 4 is 11.9 Å². The van der Waals surface area contributed by atoms with Gasteiger partial charge >= 0.3 is 5.97 Å². The van der Waals surface area contributed by atoms with Crippen molar-refractivity contribution in [2.45, 2.75) is 0 Å². The van der Waals surface area contributed by atoms with Crippen LogP contribution in [0.25, 0.3) is 0 Å². The smallest absolute Gasteiger partial charge is 0.335 e. The highest BCUT2D eigenvalue weighted by atomic mass is 19.1. The van der Waals surface area contributed by atoms with E-state index in [1.54, 1.807) is 12.1 Å². The first-order valence-electron chi connectivity index (χ1n) is 6.56. The number of aromatic carboxylic acids is 1. The van der Waals surface area contributed by atoms with Crippen molar-refractivity contribution in [3.05, 3.63) is 65.5 Å². The molecular formula is C16H14FNO4. The molecule has 0 aliphatic rings. The van der Waals surface area contributed by atoms with Crippen LogP contribution in [0.15, 0.2) is 48.5 Å². The molecule has 2 N–H and O–H groups in total. The molecule has 2 aromatic carbocycles. The standard InChI is InChI=1S/C16H14FNO4/c17-13-5-1-11(2-6-13)15(19)18-9-10-22-14-7-3-12(4-8-14)16(20)21/h1-8H,9-10H2,(H,18,19)(H,20,21). The molecular weight excluding hydrogens is 289 g/mol. The third-order valence-corrected chi connectivity index (χ3v) is 2.86. The summed E-state index contributed by atoms with van der Waals surface area (Å²) in [6.07, 6.45) is 0. The number of carbonyl (C=O) groups excluding carboxylic acids is 1. The van der Waals surface area contributed by atoms with Crippen LogP contribution >= 0.6 is 0 Å². The van der Waals surface area contributed by atoms with Crippen LogP contribution in [0.5, 0.6) is 5.75 Å². The Bertz CT molecular complexity index is 653. The quantitative estimate of drug-likeness (QED) is 0.803. The maximum absolute atomic E-state index is 12.7. The highest BCUT2D eigenvalue weighted by Crippen LogP contribution is 2.11. The molecule has 0 fully saturated rings. The second-order valence-corrected chi connectivity index (χ2v) is 4.44. The third kappa shape index (κ3) is 4.31. The summed E-state index contributed by atoms with van der Waals surface area (Å²) in [6, 6.07) is 11.2. The van der Waals surface area contributed by atoms with Crippen molar-refractivity contribution in [1.29, 1.82) is 0 Å². The third-order valence-electron chi connectivity index (χ3n) is 2.86. The Balaban J connectivity index is 1.75. The van der Waals surface area contributed by atoms with Gasteiger partial charge in [0.1, 0.15) is 18.2 Å². The molecule has 114 valence electrons.